The highest BCUT2D eigenvalue weighted by atomic mass is 19.1. The predicted octanol–water partition coefficient (Wildman–Crippen LogP) is 7.25. The Morgan fingerprint density at radius 2 is 1.00 bits per heavy atom. The second kappa shape index (κ2) is 13.3. The van der Waals surface area contributed by atoms with Gasteiger partial charge in [0.25, 0.3) is 11.8 Å². The van der Waals surface area contributed by atoms with Gasteiger partial charge in [0.15, 0.2) is 36.3 Å². The molecule has 1 saturated carbocycles. The number of anilines is 2. The Hall–Kier alpha value is -4.72. The second-order valence-corrected chi connectivity index (χ2v) is 10.3. The number of amides is 2. The summed E-state index contributed by atoms with van der Waals surface area (Å²) in [5, 5.41) is 5.61. The lowest BCUT2D eigenvalue weighted by atomic mass is 9.65. The van der Waals surface area contributed by atoms with Crippen LogP contribution in [0.3, 0.4) is 0 Å². The third-order valence-electron chi connectivity index (χ3n) is 7.54. The van der Waals surface area contributed by atoms with Gasteiger partial charge in [-0.1, -0.05) is 67.8 Å². The van der Waals surface area contributed by atoms with E-state index in [1.165, 1.54) is 30.7 Å². The highest BCUT2D eigenvalue weighted by Gasteiger charge is 2.35. The molecule has 1 fully saturated rings. The first kappa shape index (κ1) is 28.8. The lowest BCUT2D eigenvalue weighted by Crippen LogP contribution is -2.30. The smallest absolute Gasteiger partial charge is 0.262 e. The Labute approximate surface area is 243 Å². The molecule has 0 radical (unpaired) electrons. The third kappa shape index (κ3) is 6.94. The van der Waals surface area contributed by atoms with Crippen molar-refractivity contribution in [3.63, 3.8) is 0 Å². The molecule has 1 aliphatic rings. The summed E-state index contributed by atoms with van der Waals surface area (Å²) in [5.41, 5.74) is 3.37. The zero-order valence-electron chi connectivity index (χ0n) is 23.1. The third-order valence-corrected chi connectivity index (χ3v) is 7.54. The molecule has 5 rings (SSSR count). The summed E-state index contributed by atoms with van der Waals surface area (Å²) in [4.78, 5) is 24.8. The molecule has 0 spiro atoms. The summed E-state index contributed by atoms with van der Waals surface area (Å²) >= 11 is 0. The van der Waals surface area contributed by atoms with Gasteiger partial charge < -0.3 is 20.1 Å². The molecule has 4 aromatic carbocycles. The van der Waals surface area contributed by atoms with Gasteiger partial charge in [-0.25, -0.2) is 8.78 Å². The van der Waals surface area contributed by atoms with Crippen molar-refractivity contribution in [3.05, 3.63) is 120 Å². The first-order valence-electron chi connectivity index (χ1n) is 14.0. The topological polar surface area (TPSA) is 76.7 Å². The number of benzene rings is 4. The Morgan fingerprint density at radius 1 is 0.595 bits per heavy atom. The lowest BCUT2D eigenvalue weighted by molar-refractivity contribution is -0.118. The van der Waals surface area contributed by atoms with Gasteiger partial charge in [-0.3, -0.25) is 9.59 Å². The van der Waals surface area contributed by atoms with Crippen LogP contribution in [-0.4, -0.2) is 25.0 Å². The molecule has 0 unspecified atom stereocenters. The fourth-order valence-electron chi connectivity index (χ4n) is 5.45. The number of nitrogens with one attached hydrogen (secondary N) is 2. The molecule has 0 bridgehead atoms. The van der Waals surface area contributed by atoms with E-state index in [2.05, 4.69) is 10.6 Å². The molecule has 2 amide bonds. The van der Waals surface area contributed by atoms with Gasteiger partial charge in [-0.2, -0.15) is 0 Å². The minimum atomic E-state index is -0.517. The van der Waals surface area contributed by atoms with Gasteiger partial charge in [-0.15, -0.1) is 0 Å². The Bertz CT molecular complexity index is 1410. The van der Waals surface area contributed by atoms with Crippen LogP contribution < -0.4 is 20.1 Å². The van der Waals surface area contributed by atoms with Gasteiger partial charge in [0.2, 0.25) is 0 Å². The quantitative estimate of drug-likeness (QED) is 0.211. The first-order valence-corrected chi connectivity index (χ1v) is 14.0. The number of ether oxygens (including phenoxy) is 2. The lowest BCUT2D eigenvalue weighted by Gasteiger charge is -2.39. The van der Waals surface area contributed by atoms with Gasteiger partial charge in [-0.05, 0) is 72.5 Å². The van der Waals surface area contributed by atoms with E-state index in [1.54, 1.807) is 24.3 Å². The predicted molar refractivity (Wildman–Crippen MR) is 158 cm³/mol. The van der Waals surface area contributed by atoms with E-state index < -0.39 is 11.6 Å². The maximum absolute atomic E-state index is 13.8. The minimum absolute atomic E-state index is 0.0312. The fourth-order valence-corrected chi connectivity index (χ4v) is 5.45. The van der Waals surface area contributed by atoms with Crippen LogP contribution in [0.25, 0.3) is 0 Å². The summed E-state index contributed by atoms with van der Waals surface area (Å²) in [6, 6.07) is 27.5. The van der Waals surface area contributed by atoms with Crippen LogP contribution in [0.5, 0.6) is 11.5 Å². The molecule has 6 nitrogen and oxygen atoms in total. The molecule has 2 N–H and O–H groups in total. The summed E-state index contributed by atoms with van der Waals surface area (Å²) in [6.07, 6.45) is 5.33. The first-order chi connectivity index (χ1) is 20.4. The molecule has 0 aromatic heterocycles. The van der Waals surface area contributed by atoms with Crippen molar-refractivity contribution in [1.82, 2.24) is 0 Å². The highest BCUT2D eigenvalue weighted by molar-refractivity contribution is 5.92. The average Bonchev–Trinajstić information content (AvgIpc) is 3.01. The number of carbonyl (C=O) groups excluding carboxylic acids is 2. The number of hydrogen-bond acceptors (Lipinski definition) is 4. The monoisotopic (exact) mass is 570 g/mol. The van der Waals surface area contributed by atoms with Crippen LogP contribution in [0, 0.1) is 11.6 Å². The van der Waals surface area contributed by atoms with Crippen LogP contribution in [0.4, 0.5) is 20.2 Å². The summed E-state index contributed by atoms with van der Waals surface area (Å²) in [5.74, 6) is -1.73. The molecule has 8 heteroatoms. The van der Waals surface area contributed by atoms with Gasteiger partial charge >= 0.3 is 0 Å². The Kier molecular flexibility index (Phi) is 9.12. The second-order valence-electron chi connectivity index (χ2n) is 10.3. The fraction of sp³-hybridized carbons (Fsp3) is 0.235. The van der Waals surface area contributed by atoms with E-state index in [1.807, 2.05) is 48.5 Å². The van der Waals surface area contributed by atoms with Crippen molar-refractivity contribution in [1.29, 1.82) is 0 Å². The summed E-state index contributed by atoms with van der Waals surface area (Å²) in [6.45, 7) is -0.602. The maximum atomic E-state index is 13.8. The molecule has 0 atom stereocenters. The van der Waals surface area contributed by atoms with E-state index in [0.717, 1.165) is 36.8 Å². The van der Waals surface area contributed by atoms with E-state index in [-0.39, 0.29) is 41.9 Å². The van der Waals surface area contributed by atoms with E-state index in [4.69, 9.17) is 9.47 Å². The molecular formula is C34H32F2N2O4. The van der Waals surface area contributed by atoms with Gasteiger partial charge in [0.1, 0.15) is 0 Å². The number of rotatable bonds is 10. The van der Waals surface area contributed by atoms with Crippen molar-refractivity contribution in [2.75, 3.05) is 23.8 Å². The molecule has 4 aromatic rings. The SMILES string of the molecule is O=C(COc1ccccc1F)Nc1ccc(C2(c3ccc(NC(=O)COc4ccccc4F)cc3)CCCCC2)cc1. The highest BCUT2D eigenvalue weighted by Crippen LogP contribution is 2.45. The van der Waals surface area contributed by atoms with Crippen LogP contribution in [-0.2, 0) is 15.0 Å². The standard InChI is InChI=1S/C34H32F2N2O4/c35-28-8-2-4-10-30(28)41-22-32(39)37-26-16-12-24(13-17-26)34(20-6-1-7-21-34)25-14-18-27(19-15-25)38-33(40)23-42-31-11-5-3-9-29(31)36/h2-5,8-19H,1,6-7,20-23H2,(H,37,39)(H,38,40). The molecule has 0 aliphatic heterocycles. The number of halogens is 2. The minimum Gasteiger partial charge on any atom is -0.481 e. The zero-order chi connectivity index (χ0) is 29.4. The van der Waals surface area contributed by atoms with Gasteiger partial charge in [0, 0.05) is 16.8 Å². The average molecular weight is 571 g/mol. The van der Waals surface area contributed by atoms with E-state index in [9.17, 15) is 18.4 Å². The van der Waals surface area contributed by atoms with Gasteiger partial charge in [0.05, 0.1) is 0 Å². The number of carbonyl (C=O) groups is 2. The van der Waals surface area contributed by atoms with Crippen molar-refractivity contribution in [3.8, 4) is 11.5 Å². The molecule has 0 saturated heterocycles. The van der Waals surface area contributed by atoms with E-state index in [0.29, 0.717) is 11.4 Å². The summed E-state index contributed by atoms with van der Waals surface area (Å²) < 4.78 is 38.1. The van der Waals surface area contributed by atoms with Crippen LogP contribution in [0.1, 0.15) is 43.2 Å². The molecule has 42 heavy (non-hydrogen) atoms. The Morgan fingerprint density at radius 3 is 1.40 bits per heavy atom. The zero-order valence-corrected chi connectivity index (χ0v) is 23.1. The number of para-hydroxylation sites is 2. The molecule has 1 aliphatic carbocycles. The molecule has 0 heterocycles. The number of hydrogen-bond donors (Lipinski definition) is 2. The van der Waals surface area contributed by atoms with Crippen LogP contribution in [0.15, 0.2) is 97.1 Å². The van der Waals surface area contributed by atoms with Crippen molar-refractivity contribution in [2.24, 2.45) is 0 Å². The largest absolute Gasteiger partial charge is 0.481 e. The normalized spacial score (nSPS) is 14.0. The summed E-state index contributed by atoms with van der Waals surface area (Å²) in [7, 11) is 0. The van der Waals surface area contributed by atoms with E-state index >= 15 is 0 Å². The van der Waals surface area contributed by atoms with Crippen molar-refractivity contribution >= 4 is 23.2 Å². The van der Waals surface area contributed by atoms with Crippen LogP contribution in [0.2, 0.25) is 0 Å². The molecular weight excluding hydrogens is 538 g/mol. The molecule has 216 valence electrons. The van der Waals surface area contributed by atoms with Crippen molar-refractivity contribution < 1.29 is 27.8 Å². The van der Waals surface area contributed by atoms with Crippen LogP contribution >= 0.6 is 0 Å². The van der Waals surface area contributed by atoms with Crippen molar-refractivity contribution in [2.45, 2.75) is 37.5 Å². The maximum Gasteiger partial charge on any atom is 0.262 e. The Balaban J connectivity index is 1.22.